The molecule has 0 aliphatic rings. The summed E-state index contributed by atoms with van der Waals surface area (Å²) in [4.78, 5) is 2.14. The van der Waals surface area contributed by atoms with Gasteiger partial charge in [0.2, 0.25) is 0 Å². The molecule has 4 nitrogen and oxygen atoms in total. The molecule has 2 aromatic rings. The molecule has 0 saturated carbocycles. The molecule has 1 N–H and O–H groups in total. The summed E-state index contributed by atoms with van der Waals surface area (Å²) >= 11 is 1.37. The van der Waals surface area contributed by atoms with Gasteiger partial charge in [-0.25, -0.2) is 4.39 Å². The van der Waals surface area contributed by atoms with E-state index in [4.69, 9.17) is 0 Å². The molecular formula is C13H17FN4S. The van der Waals surface area contributed by atoms with Crippen LogP contribution < -0.4 is 10.2 Å². The Hall–Kier alpha value is -1.69. The summed E-state index contributed by atoms with van der Waals surface area (Å²) in [6.45, 7) is 6.45. The van der Waals surface area contributed by atoms with E-state index in [2.05, 4.69) is 26.7 Å². The number of halogens is 1. The van der Waals surface area contributed by atoms with Crippen LogP contribution in [0.1, 0.15) is 19.5 Å². The number of hydrogen-bond acceptors (Lipinski definition) is 5. The van der Waals surface area contributed by atoms with Gasteiger partial charge in [-0.2, -0.15) is 0 Å². The normalized spacial score (nSPS) is 10.5. The minimum Gasteiger partial charge on any atom is -0.374 e. The fraction of sp³-hybridized carbons (Fsp3) is 0.385. The van der Waals surface area contributed by atoms with Gasteiger partial charge >= 0.3 is 0 Å². The third kappa shape index (κ3) is 3.41. The van der Waals surface area contributed by atoms with Gasteiger partial charge in [0.1, 0.15) is 16.5 Å². The molecule has 0 amide bonds. The first-order chi connectivity index (χ1) is 9.24. The van der Waals surface area contributed by atoms with Crippen molar-refractivity contribution in [2.75, 3.05) is 23.3 Å². The lowest BCUT2D eigenvalue weighted by atomic mass is 10.2. The quantitative estimate of drug-likeness (QED) is 0.882. The largest absolute Gasteiger partial charge is 0.374 e. The number of anilines is 2. The van der Waals surface area contributed by atoms with Crippen molar-refractivity contribution in [3.8, 4) is 0 Å². The van der Waals surface area contributed by atoms with Crippen molar-refractivity contribution in [3.63, 3.8) is 0 Å². The molecule has 0 fully saturated rings. The predicted molar refractivity (Wildman–Crippen MR) is 77.2 cm³/mol. The molecule has 6 heteroatoms. The van der Waals surface area contributed by atoms with Gasteiger partial charge in [0.05, 0.1) is 6.54 Å². The van der Waals surface area contributed by atoms with Gasteiger partial charge in [-0.15, -0.1) is 5.10 Å². The zero-order chi connectivity index (χ0) is 13.7. The summed E-state index contributed by atoms with van der Waals surface area (Å²) in [6.07, 6.45) is 0. The van der Waals surface area contributed by atoms with E-state index >= 15 is 0 Å². The van der Waals surface area contributed by atoms with Gasteiger partial charge < -0.3 is 10.2 Å². The maximum Gasteiger partial charge on any atom is 0.135 e. The van der Waals surface area contributed by atoms with Gasteiger partial charge in [0.15, 0.2) is 0 Å². The molecule has 0 unspecified atom stereocenters. The highest BCUT2D eigenvalue weighted by Gasteiger charge is 2.12. The Morgan fingerprint density at radius 1 is 1.26 bits per heavy atom. The molecule has 1 aromatic carbocycles. The molecule has 1 heterocycles. The number of benzene rings is 1. The van der Waals surface area contributed by atoms with Crippen LogP contribution in [-0.2, 0) is 6.54 Å². The molecule has 102 valence electrons. The second-order valence-corrected chi connectivity index (χ2v) is 4.82. The Labute approximate surface area is 116 Å². The Morgan fingerprint density at radius 2 is 2.00 bits per heavy atom. The first-order valence-electron chi connectivity index (χ1n) is 6.30. The number of rotatable bonds is 6. The van der Waals surface area contributed by atoms with Gasteiger partial charge in [-0.3, -0.25) is 0 Å². The van der Waals surface area contributed by atoms with E-state index in [1.54, 1.807) is 12.1 Å². The standard InChI is InChI=1S/C13H17FN4S/c1-3-15-13-12(16-17-19-13)9-18(4-2)11-7-5-10(14)6-8-11/h5-8,15H,3-4,9H2,1-2H3. The molecule has 19 heavy (non-hydrogen) atoms. The Morgan fingerprint density at radius 3 is 2.63 bits per heavy atom. The van der Waals surface area contributed by atoms with Crippen molar-refractivity contribution in [2.45, 2.75) is 20.4 Å². The molecule has 0 saturated heterocycles. The topological polar surface area (TPSA) is 41.1 Å². The molecule has 0 aliphatic carbocycles. The van der Waals surface area contributed by atoms with Gasteiger partial charge in [0.25, 0.3) is 0 Å². The lowest BCUT2D eigenvalue weighted by molar-refractivity contribution is 0.627. The highest BCUT2D eigenvalue weighted by molar-refractivity contribution is 7.10. The molecule has 0 bridgehead atoms. The monoisotopic (exact) mass is 280 g/mol. The van der Waals surface area contributed by atoms with Crippen LogP contribution in [0.25, 0.3) is 0 Å². The van der Waals surface area contributed by atoms with Gasteiger partial charge in [0, 0.05) is 30.3 Å². The van der Waals surface area contributed by atoms with Gasteiger partial charge in [-0.05, 0) is 38.1 Å². The van der Waals surface area contributed by atoms with Crippen LogP contribution in [0.5, 0.6) is 0 Å². The van der Waals surface area contributed by atoms with E-state index < -0.39 is 0 Å². The Kier molecular flexibility index (Phi) is 4.68. The van der Waals surface area contributed by atoms with E-state index in [9.17, 15) is 4.39 Å². The fourth-order valence-corrected chi connectivity index (χ4v) is 2.47. The first-order valence-corrected chi connectivity index (χ1v) is 7.07. The minimum absolute atomic E-state index is 0.219. The smallest absolute Gasteiger partial charge is 0.135 e. The van der Waals surface area contributed by atoms with Crippen LogP contribution >= 0.6 is 11.5 Å². The third-order valence-corrected chi connectivity index (χ3v) is 3.53. The molecule has 0 atom stereocenters. The lowest BCUT2D eigenvalue weighted by Gasteiger charge is -2.22. The molecule has 0 radical (unpaired) electrons. The molecule has 0 aliphatic heterocycles. The van der Waals surface area contributed by atoms with E-state index in [1.807, 2.05) is 6.92 Å². The fourth-order valence-electron chi connectivity index (χ4n) is 1.83. The second-order valence-electron chi connectivity index (χ2n) is 4.07. The van der Waals surface area contributed by atoms with Crippen LogP contribution in [0.3, 0.4) is 0 Å². The number of aromatic nitrogens is 2. The van der Waals surface area contributed by atoms with Crippen molar-refractivity contribution in [2.24, 2.45) is 0 Å². The van der Waals surface area contributed by atoms with E-state index in [0.29, 0.717) is 6.54 Å². The van der Waals surface area contributed by atoms with Crippen molar-refractivity contribution >= 4 is 22.2 Å². The average Bonchev–Trinajstić information content (AvgIpc) is 2.85. The summed E-state index contributed by atoms with van der Waals surface area (Å²) in [6, 6.07) is 6.52. The van der Waals surface area contributed by atoms with Crippen LogP contribution in [0.15, 0.2) is 24.3 Å². The number of nitrogens with zero attached hydrogens (tertiary/aromatic N) is 3. The van der Waals surface area contributed by atoms with E-state index in [0.717, 1.165) is 29.5 Å². The second kappa shape index (κ2) is 6.47. The SMILES string of the molecule is CCNc1snnc1CN(CC)c1ccc(F)cc1. The highest BCUT2D eigenvalue weighted by Crippen LogP contribution is 2.22. The maximum atomic E-state index is 12.9. The lowest BCUT2D eigenvalue weighted by Crippen LogP contribution is -2.22. The van der Waals surface area contributed by atoms with Crippen LogP contribution in [0.2, 0.25) is 0 Å². The average molecular weight is 280 g/mol. The summed E-state index contributed by atoms with van der Waals surface area (Å²) in [5.41, 5.74) is 1.91. The first kappa shape index (κ1) is 13.7. The van der Waals surface area contributed by atoms with Crippen molar-refractivity contribution in [3.05, 3.63) is 35.8 Å². The van der Waals surface area contributed by atoms with Crippen LogP contribution in [0, 0.1) is 5.82 Å². The van der Waals surface area contributed by atoms with Crippen molar-refractivity contribution < 1.29 is 4.39 Å². The van der Waals surface area contributed by atoms with Crippen LogP contribution in [0.4, 0.5) is 15.1 Å². The predicted octanol–water partition coefficient (Wildman–Crippen LogP) is 3.14. The summed E-state index contributed by atoms with van der Waals surface area (Å²) < 4.78 is 16.9. The minimum atomic E-state index is -0.219. The molecule has 2 rings (SSSR count). The summed E-state index contributed by atoms with van der Waals surface area (Å²) in [5.74, 6) is -0.219. The molecular weight excluding hydrogens is 263 g/mol. The Bertz CT molecular complexity index is 512. The number of hydrogen-bond donors (Lipinski definition) is 1. The highest BCUT2D eigenvalue weighted by atomic mass is 32.1. The Balaban J connectivity index is 2.14. The summed E-state index contributed by atoms with van der Waals surface area (Å²) in [7, 11) is 0. The molecule has 1 aromatic heterocycles. The zero-order valence-electron chi connectivity index (χ0n) is 11.1. The van der Waals surface area contributed by atoms with Crippen LogP contribution in [-0.4, -0.2) is 22.7 Å². The van der Waals surface area contributed by atoms with Gasteiger partial charge in [-0.1, -0.05) is 4.49 Å². The van der Waals surface area contributed by atoms with Crippen molar-refractivity contribution in [1.82, 2.24) is 9.59 Å². The van der Waals surface area contributed by atoms with E-state index in [-0.39, 0.29) is 5.82 Å². The summed E-state index contributed by atoms with van der Waals surface area (Å²) in [5, 5.41) is 8.41. The van der Waals surface area contributed by atoms with E-state index in [1.165, 1.54) is 23.7 Å². The molecule has 0 spiro atoms. The zero-order valence-corrected chi connectivity index (χ0v) is 11.9. The third-order valence-electron chi connectivity index (χ3n) is 2.81. The number of nitrogens with one attached hydrogen (secondary N) is 1. The van der Waals surface area contributed by atoms with Crippen molar-refractivity contribution in [1.29, 1.82) is 0 Å². The maximum absolute atomic E-state index is 12.9.